The van der Waals surface area contributed by atoms with Gasteiger partial charge in [0.05, 0.1) is 7.11 Å². The minimum Gasteiger partial charge on any atom is -0.496 e. The topological polar surface area (TPSA) is 61.3 Å². The number of nitrogens with two attached hydrogens (primary N) is 2. The third-order valence-corrected chi connectivity index (χ3v) is 5.06. The lowest BCUT2D eigenvalue weighted by molar-refractivity contribution is 0.104. The number of hydrogen-bond donors (Lipinski definition) is 2. The van der Waals surface area contributed by atoms with Crippen LogP contribution in [0, 0.1) is 26.2 Å². The Bertz CT molecular complexity index is 473. The quantitative estimate of drug-likeness (QED) is 0.877. The molecule has 0 heterocycles. The third kappa shape index (κ3) is 2.15. The van der Waals surface area contributed by atoms with Crippen LogP contribution in [-0.2, 0) is 0 Å². The summed E-state index contributed by atoms with van der Waals surface area (Å²) in [6.45, 7) is 7.04. The molecule has 19 heavy (non-hydrogen) atoms. The Morgan fingerprint density at radius 2 is 1.89 bits per heavy atom. The molecule has 0 amide bonds. The molecule has 1 fully saturated rings. The largest absolute Gasteiger partial charge is 0.496 e. The van der Waals surface area contributed by atoms with Crippen LogP contribution in [-0.4, -0.2) is 13.7 Å². The number of aryl methyl sites for hydroxylation is 1. The maximum atomic E-state index is 6.59. The van der Waals surface area contributed by atoms with Gasteiger partial charge in [-0.3, -0.25) is 0 Å². The van der Waals surface area contributed by atoms with Crippen molar-refractivity contribution in [1.82, 2.24) is 0 Å². The van der Waals surface area contributed by atoms with Crippen LogP contribution in [0.2, 0.25) is 0 Å². The Balaban J connectivity index is 2.48. The standard InChI is InChI=1S/C16H26N2O/c1-10-8-13(19-4)11(2)12(3)14(10)15(18)16(9-17)6-5-7-16/h8,15H,5-7,9,17-18H2,1-4H3. The Morgan fingerprint density at radius 1 is 1.26 bits per heavy atom. The van der Waals surface area contributed by atoms with Crippen LogP contribution in [0.3, 0.4) is 0 Å². The molecule has 0 saturated heterocycles. The molecule has 0 aliphatic heterocycles. The van der Waals surface area contributed by atoms with Crippen LogP contribution in [0.1, 0.15) is 47.6 Å². The van der Waals surface area contributed by atoms with Crippen molar-refractivity contribution in [2.45, 2.75) is 46.1 Å². The Morgan fingerprint density at radius 3 is 2.32 bits per heavy atom. The van der Waals surface area contributed by atoms with Gasteiger partial charge in [-0.1, -0.05) is 6.42 Å². The summed E-state index contributed by atoms with van der Waals surface area (Å²) >= 11 is 0. The monoisotopic (exact) mass is 262 g/mol. The SMILES string of the molecule is COc1cc(C)c(C(N)C2(CN)CCC2)c(C)c1C. The van der Waals surface area contributed by atoms with Crippen molar-refractivity contribution < 1.29 is 4.74 Å². The van der Waals surface area contributed by atoms with Gasteiger partial charge < -0.3 is 16.2 Å². The minimum absolute atomic E-state index is 0.0378. The van der Waals surface area contributed by atoms with Crippen LogP contribution in [0.4, 0.5) is 0 Å². The fraction of sp³-hybridized carbons (Fsp3) is 0.625. The van der Waals surface area contributed by atoms with E-state index in [0.29, 0.717) is 6.54 Å². The van der Waals surface area contributed by atoms with E-state index in [1.165, 1.54) is 28.7 Å². The summed E-state index contributed by atoms with van der Waals surface area (Å²) in [6.07, 6.45) is 3.54. The van der Waals surface area contributed by atoms with Crippen molar-refractivity contribution in [3.8, 4) is 5.75 Å². The molecule has 2 rings (SSSR count). The van der Waals surface area contributed by atoms with E-state index in [4.69, 9.17) is 16.2 Å². The first-order chi connectivity index (χ1) is 8.96. The first-order valence-corrected chi connectivity index (χ1v) is 7.07. The van der Waals surface area contributed by atoms with E-state index >= 15 is 0 Å². The molecule has 1 unspecified atom stereocenters. The average Bonchev–Trinajstić information content (AvgIpc) is 2.33. The summed E-state index contributed by atoms with van der Waals surface area (Å²) in [7, 11) is 1.72. The molecule has 0 spiro atoms. The van der Waals surface area contributed by atoms with Gasteiger partial charge in [-0.05, 0) is 68.5 Å². The first kappa shape index (κ1) is 14.4. The lowest BCUT2D eigenvalue weighted by Crippen LogP contribution is -2.46. The molecule has 0 aromatic heterocycles. The summed E-state index contributed by atoms with van der Waals surface area (Å²) in [5.41, 5.74) is 17.6. The predicted octanol–water partition coefficient (Wildman–Crippen LogP) is 2.75. The highest BCUT2D eigenvalue weighted by molar-refractivity contribution is 5.50. The zero-order valence-electron chi connectivity index (χ0n) is 12.5. The second kappa shape index (κ2) is 5.14. The number of rotatable bonds is 4. The van der Waals surface area contributed by atoms with E-state index in [-0.39, 0.29) is 11.5 Å². The molecule has 1 aromatic carbocycles. The lowest BCUT2D eigenvalue weighted by Gasteiger charge is -2.46. The highest BCUT2D eigenvalue weighted by Crippen LogP contribution is 2.50. The zero-order chi connectivity index (χ0) is 14.2. The van der Waals surface area contributed by atoms with Crippen molar-refractivity contribution in [3.05, 3.63) is 28.3 Å². The van der Waals surface area contributed by atoms with Crippen molar-refractivity contribution in [2.24, 2.45) is 16.9 Å². The summed E-state index contributed by atoms with van der Waals surface area (Å²) in [5, 5.41) is 0. The van der Waals surface area contributed by atoms with Gasteiger partial charge in [0.15, 0.2) is 0 Å². The maximum absolute atomic E-state index is 6.59. The van der Waals surface area contributed by atoms with Gasteiger partial charge in [-0.2, -0.15) is 0 Å². The molecule has 1 saturated carbocycles. The molecule has 106 valence electrons. The number of hydrogen-bond acceptors (Lipinski definition) is 3. The van der Waals surface area contributed by atoms with E-state index in [9.17, 15) is 0 Å². The summed E-state index contributed by atoms with van der Waals surface area (Å²) in [5.74, 6) is 0.946. The van der Waals surface area contributed by atoms with Gasteiger partial charge >= 0.3 is 0 Å². The molecule has 1 aliphatic rings. The molecule has 3 nitrogen and oxygen atoms in total. The lowest BCUT2D eigenvalue weighted by atomic mass is 9.61. The highest BCUT2D eigenvalue weighted by atomic mass is 16.5. The van der Waals surface area contributed by atoms with Crippen LogP contribution < -0.4 is 16.2 Å². The molecule has 1 aliphatic carbocycles. The van der Waals surface area contributed by atoms with Crippen LogP contribution in [0.25, 0.3) is 0 Å². The molecular weight excluding hydrogens is 236 g/mol. The van der Waals surface area contributed by atoms with Crippen molar-refractivity contribution in [2.75, 3.05) is 13.7 Å². The molecule has 0 bridgehead atoms. The van der Waals surface area contributed by atoms with Crippen molar-refractivity contribution >= 4 is 0 Å². The molecule has 1 aromatic rings. The Kier molecular flexibility index (Phi) is 3.88. The smallest absolute Gasteiger partial charge is 0.122 e. The Hall–Kier alpha value is -1.06. The van der Waals surface area contributed by atoms with Gasteiger partial charge in [-0.15, -0.1) is 0 Å². The molecule has 1 atom stereocenters. The molecule has 3 heteroatoms. The minimum atomic E-state index is 0.0378. The summed E-state index contributed by atoms with van der Waals surface area (Å²) < 4.78 is 5.43. The van der Waals surface area contributed by atoms with E-state index in [0.717, 1.165) is 18.6 Å². The molecule has 0 radical (unpaired) electrons. The van der Waals surface area contributed by atoms with Gasteiger partial charge in [-0.25, -0.2) is 0 Å². The van der Waals surface area contributed by atoms with Crippen molar-refractivity contribution in [3.63, 3.8) is 0 Å². The van der Waals surface area contributed by atoms with E-state index in [1.807, 2.05) is 0 Å². The fourth-order valence-electron chi connectivity index (χ4n) is 3.33. The van der Waals surface area contributed by atoms with Crippen molar-refractivity contribution in [1.29, 1.82) is 0 Å². The number of benzene rings is 1. The predicted molar refractivity (Wildman–Crippen MR) is 79.5 cm³/mol. The van der Waals surface area contributed by atoms with Crippen LogP contribution in [0.15, 0.2) is 6.07 Å². The maximum Gasteiger partial charge on any atom is 0.122 e. The summed E-state index contributed by atoms with van der Waals surface area (Å²) in [4.78, 5) is 0. The van der Waals surface area contributed by atoms with Gasteiger partial charge in [0.1, 0.15) is 5.75 Å². The second-order valence-corrected chi connectivity index (χ2v) is 5.96. The Labute approximate surface area is 116 Å². The number of ether oxygens (including phenoxy) is 1. The highest BCUT2D eigenvalue weighted by Gasteiger charge is 2.42. The summed E-state index contributed by atoms with van der Waals surface area (Å²) in [6, 6.07) is 2.14. The van der Waals surface area contributed by atoms with Gasteiger partial charge in [0.25, 0.3) is 0 Å². The second-order valence-electron chi connectivity index (χ2n) is 5.96. The molecule has 4 N–H and O–H groups in total. The van der Waals surface area contributed by atoms with Crippen LogP contribution >= 0.6 is 0 Å². The van der Waals surface area contributed by atoms with E-state index < -0.39 is 0 Å². The number of methoxy groups -OCH3 is 1. The van der Waals surface area contributed by atoms with Crippen LogP contribution in [0.5, 0.6) is 5.75 Å². The van der Waals surface area contributed by atoms with Gasteiger partial charge in [0.2, 0.25) is 0 Å². The van der Waals surface area contributed by atoms with E-state index in [2.05, 4.69) is 26.8 Å². The zero-order valence-corrected chi connectivity index (χ0v) is 12.5. The fourth-order valence-corrected chi connectivity index (χ4v) is 3.33. The molecular formula is C16H26N2O. The first-order valence-electron chi connectivity index (χ1n) is 7.07. The van der Waals surface area contributed by atoms with E-state index in [1.54, 1.807) is 7.11 Å². The third-order valence-electron chi connectivity index (χ3n) is 5.06. The average molecular weight is 262 g/mol. The normalized spacial score (nSPS) is 18.8. The van der Waals surface area contributed by atoms with Gasteiger partial charge in [0, 0.05) is 11.5 Å².